The molecule has 0 unspecified atom stereocenters. The minimum Gasteiger partial charge on any atom is -0.488 e. The summed E-state index contributed by atoms with van der Waals surface area (Å²) in [6.45, 7) is 1.20. The second-order valence-electron chi connectivity index (χ2n) is 6.42. The van der Waals surface area contributed by atoms with E-state index in [-0.39, 0.29) is 15.7 Å². The molecule has 0 radical (unpaired) electrons. The largest absolute Gasteiger partial charge is 0.488 e. The summed E-state index contributed by atoms with van der Waals surface area (Å²) >= 11 is 5.64. The van der Waals surface area contributed by atoms with Gasteiger partial charge < -0.3 is 9.64 Å². The minimum atomic E-state index is -4.63. The number of nitrogens with zero attached hydrogens (tertiary/aromatic N) is 2. The van der Waals surface area contributed by atoms with Gasteiger partial charge in [0.25, 0.3) is 10.0 Å². The maximum atomic E-state index is 13.3. The van der Waals surface area contributed by atoms with Crippen LogP contribution in [0, 0.1) is 0 Å². The van der Waals surface area contributed by atoms with Crippen molar-refractivity contribution in [3.8, 4) is 5.75 Å². The number of ether oxygens (including phenoxy) is 1. The van der Waals surface area contributed by atoms with E-state index in [0.717, 1.165) is 24.4 Å². The number of nitrogens with one attached hydrogen (secondary N) is 1. The molecular formula is C17H17ClF3N3O3S. The molecule has 1 fully saturated rings. The van der Waals surface area contributed by atoms with Crippen molar-refractivity contribution in [1.82, 2.24) is 9.88 Å². The summed E-state index contributed by atoms with van der Waals surface area (Å²) in [4.78, 5) is 5.47. The summed E-state index contributed by atoms with van der Waals surface area (Å²) in [5, 5.41) is 0.116. The maximum Gasteiger partial charge on any atom is 0.419 e. The highest BCUT2D eigenvalue weighted by molar-refractivity contribution is 7.92. The Kier molecular flexibility index (Phi) is 5.74. The molecule has 0 bridgehead atoms. The number of likely N-dealkylation sites (N-methyl/N-ethyl adjacent to an activating group) is 1. The summed E-state index contributed by atoms with van der Waals surface area (Å²) < 4.78 is 72.6. The van der Waals surface area contributed by atoms with Crippen molar-refractivity contribution >= 4 is 27.3 Å². The third-order valence-electron chi connectivity index (χ3n) is 4.19. The van der Waals surface area contributed by atoms with Gasteiger partial charge in [0.1, 0.15) is 21.9 Å². The molecule has 2 aromatic rings. The van der Waals surface area contributed by atoms with Crippen LogP contribution < -0.4 is 9.46 Å². The van der Waals surface area contributed by atoms with Crippen molar-refractivity contribution in [1.29, 1.82) is 0 Å². The van der Waals surface area contributed by atoms with E-state index < -0.39 is 33.6 Å². The zero-order valence-electron chi connectivity index (χ0n) is 14.7. The molecule has 1 saturated heterocycles. The average molecular weight is 436 g/mol. The van der Waals surface area contributed by atoms with Gasteiger partial charge in [0.05, 0.1) is 11.3 Å². The van der Waals surface area contributed by atoms with Crippen LogP contribution in [-0.2, 0) is 16.2 Å². The number of anilines is 1. The zero-order valence-corrected chi connectivity index (χ0v) is 16.3. The Balaban J connectivity index is 1.89. The van der Waals surface area contributed by atoms with E-state index in [0.29, 0.717) is 19.5 Å². The number of hydrogen-bond donors (Lipinski definition) is 1. The SMILES string of the molecule is CN1CC[C@@H](Oc2cc(NS(=O)(=O)c3ccc(Cl)nc3)ccc2C(F)(F)F)C1. The minimum absolute atomic E-state index is 0.0516. The second kappa shape index (κ2) is 7.76. The summed E-state index contributed by atoms with van der Waals surface area (Å²) in [5.74, 6) is -0.415. The van der Waals surface area contributed by atoms with Crippen molar-refractivity contribution in [2.75, 3.05) is 24.9 Å². The van der Waals surface area contributed by atoms with E-state index in [1.54, 1.807) is 0 Å². The average Bonchev–Trinajstić information content (AvgIpc) is 2.99. The molecule has 0 saturated carbocycles. The molecule has 11 heteroatoms. The predicted molar refractivity (Wildman–Crippen MR) is 98.0 cm³/mol. The van der Waals surface area contributed by atoms with Crippen molar-refractivity contribution in [3.05, 3.63) is 47.2 Å². The topological polar surface area (TPSA) is 71.5 Å². The number of benzene rings is 1. The van der Waals surface area contributed by atoms with Gasteiger partial charge in [-0.05, 0) is 37.7 Å². The highest BCUT2D eigenvalue weighted by Crippen LogP contribution is 2.39. The van der Waals surface area contributed by atoms with E-state index in [1.165, 1.54) is 12.1 Å². The zero-order chi connectivity index (χ0) is 20.5. The van der Waals surface area contributed by atoms with E-state index in [9.17, 15) is 21.6 Å². The molecule has 1 N–H and O–H groups in total. The van der Waals surface area contributed by atoms with E-state index in [2.05, 4.69) is 9.71 Å². The highest BCUT2D eigenvalue weighted by atomic mass is 35.5. The molecule has 0 amide bonds. The fraction of sp³-hybridized carbons (Fsp3) is 0.353. The molecule has 0 aliphatic carbocycles. The van der Waals surface area contributed by atoms with Crippen molar-refractivity contribution in [3.63, 3.8) is 0 Å². The van der Waals surface area contributed by atoms with Crippen LogP contribution in [0.5, 0.6) is 5.75 Å². The van der Waals surface area contributed by atoms with Gasteiger partial charge >= 0.3 is 6.18 Å². The van der Waals surface area contributed by atoms with Gasteiger partial charge in [-0.1, -0.05) is 11.6 Å². The number of aromatic nitrogens is 1. The van der Waals surface area contributed by atoms with Crippen LogP contribution in [0.1, 0.15) is 12.0 Å². The Bertz CT molecular complexity index is 952. The van der Waals surface area contributed by atoms with Crippen LogP contribution >= 0.6 is 11.6 Å². The fourth-order valence-corrected chi connectivity index (χ4v) is 3.93. The lowest BCUT2D eigenvalue weighted by Gasteiger charge is -2.19. The normalized spacial score (nSPS) is 18.2. The molecule has 3 rings (SSSR count). The maximum absolute atomic E-state index is 13.3. The molecular weight excluding hydrogens is 419 g/mol. The van der Waals surface area contributed by atoms with Gasteiger partial charge in [0.15, 0.2) is 0 Å². The Morgan fingerprint density at radius 2 is 2.04 bits per heavy atom. The number of alkyl halides is 3. The molecule has 28 heavy (non-hydrogen) atoms. The lowest BCUT2D eigenvalue weighted by Crippen LogP contribution is -2.23. The standard InChI is InChI=1S/C17H17ClF3N3O3S/c1-24-7-6-12(10-24)27-15-8-11(2-4-14(15)17(19,20)21)23-28(25,26)13-3-5-16(18)22-9-13/h2-5,8-9,12,23H,6-7,10H2,1H3/t12-/m1/s1. The number of hydrogen-bond acceptors (Lipinski definition) is 5. The first-order valence-corrected chi connectivity index (χ1v) is 10.1. The lowest BCUT2D eigenvalue weighted by molar-refractivity contribution is -0.139. The molecule has 2 heterocycles. The van der Waals surface area contributed by atoms with Crippen molar-refractivity contribution in [2.45, 2.75) is 23.6 Å². The van der Waals surface area contributed by atoms with E-state index in [1.807, 2.05) is 11.9 Å². The van der Waals surface area contributed by atoms with Crippen LogP contribution in [0.25, 0.3) is 0 Å². The molecule has 0 spiro atoms. The van der Waals surface area contributed by atoms with E-state index in [4.69, 9.17) is 16.3 Å². The molecule has 1 aromatic carbocycles. The van der Waals surface area contributed by atoms with Gasteiger partial charge in [-0.2, -0.15) is 13.2 Å². The first kappa shape index (κ1) is 20.7. The van der Waals surface area contributed by atoms with Crippen LogP contribution in [0.15, 0.2) is 41.4 Å². The first-order valence-electron chi connectivity index (χ1n) is 8.25. The van der Waals surface area contributed by atoms with Crippen LogP contribution in [0.3, 0.4) is 0 Å². The number of pyridine rings is 1. The number of rotatable bonds is 5. The highest BCUT2D eigenvalue weighted by Gasteiger charge is 2.36. The number of likely N-dealkylation sites (tertiary alicyclic amines) is 1. The molecule has 6 nitrogen and oxygen atoms in total. The Labute approximate surface area is 165 Å². The van der Waals surface area contributed by atoms with Crippen LogP contribution in [-0.4, -0.2) is 44.5 Å². The van der Waals surface area contributed by atoms with Gasteiger partial charge in [0.2, 0.25) is 0 Å². The summed E-state index contributed by atoms with van der Waals surface area (Å²) in [7, 11) is -2.20. The second-order valence-corrected chi connectivity index (χ2v) is 8.49. The van der Waals surface area contributed by atoms with Gasteiger partial charge in [-0.3, -0.25) is 4.72 Å². The third-order valence-corrected chi connectivity index (χ3v) is 5.78. The van der Waals surface area contributed by atoms with Crippen LogP contribution in [0.4, 0.5) is 18.9 Å². The summed E-state index contributed by atoms with van der Waals surface area (Å²) in [6.07, 6.45) is -3.39. The van der Waals surface area contributed by atoms with Gasteiger partial charge in [-0.25, -0.2) is 13.4 Å². The Morgan fingerprint density at radius 3 is 2.61 bits per heavy atom. The van der Waals surface area contributed by atoms with Crippen molar-refractivity contribution in [2.24, 2.45) is 0 Å². The predicted octanol–water partition coefficient (Wildman–Crippen LogP) is 3.64. The van der Waals surface area contributed by atoms with Gasteiger partial charge in [0, 0.05) is 25.4 Å². The molecule has 1 aromatic heterocycles. The first-order chi connectivity index (χ1) is 13.0. The quantitative estimate of drug-likeness (QED) is 0.726. The number of sulfonamides is 1. The van der Waals surface area contributed by atoms with Gasteiger partial charge in [-0.15, -0.1) is 0 Å². The smallest absolute Gasteiger partial charge is 0.419 e. The van der Waals surface area contributed by atoms with Crippen LogP contribution in [0.2, 0.25) is 5.15 Å². The fourth-order valence-electron chi connectivity index (χ4n) is 2.82. The molecule has 1 atom stereocenters. The molecule has 1 aliphatic heterocycles. The lowest BCUT2D eigenvalue weighted by atomic mass is 10.1. The Hall–Kier alpha value is -2.04. The summed E-state index contributed by atoms with van der Waals surface area (Å²) in [6, 6.07) is 5.42. The van der Waals surface area contributed by atoms with Crippen molar-refractivity contribution < 1.29 is 26.3 Å². The number of halogens is 4. The summed E-state index contributed by atoms with van der Waals surface area (Å²) in [5.41, 5.74) is -1.01. The van der Waals surface area contributed by atoms with E-state index >= 15 is 0 Å². The molecule has 1 aliphatic rings. The Morgan fingerprint density at radius 1 is 1.29 bits per heavy atom. The third kappa shape index (κ3) is 4.86. The monoisotopic (exact) mass is 435 g/mol. The molecule has 152 valence electrons.